The van der Waals surface area contributed by atoms with E-state index in [0.29, 0.717) is 33.5 Å². The summed E-state index contributed by atoms with van der Waals surface area (Å²) in [6.07, 6.45) is 1.49. The first-order valence-electron chi connectivity index (χ1n) is 9.78. The van der Waals surface area contributed by atoms with Gasteiger partial charge in [-0.1, -0.05) is 18.2 Å². The van der Waals surface area contributed by atoms with Crippen LogP contribution in [0.3, 0.4) is 0 Å². The van der Waals surface area contributed by atoms with Crippen LogP contribution in [0.15, 0.2) is 48.7 Å². The number of aryl methyl sites for hydroxylation is 4. The van der Waals surface area contributed by atoms with Gasteiger partial charge in [0, 0.05) is 6.20 Å². The molecule has 0 bridgehead atoms. The fourth-order valence-electron chi connectivity index (χ4n) is 4.00. The van der Waals surface area contributed by atoms with Crippen molar-refractivity contribution in [1.82, 2.24) is 14.8 Å². The minimum Gasteiger partial charge on any atom is -0.268 e. The van der Waals surface area contributed by atoms with Gasteiger partial charge in [0.05, 0.1) is 33.6 Å². The van der Waals surface area contributed by atoms with Crippen LogP contribution in [0.2, 0.25) is 0 Å². The van der Waals surface area contributed by atoms with Crippen molar-refractivity contribution in [2.24, 2.45) is 0 Å². The Morgan fingerprint density at radius 2 is 1.63 bits per heavy atom. The van der Waals surface area contributed by atoms with Gasteiger partial charge in [0.2, 0.25) is 0 Å². The molecular formula is C24H20N4O2. The summed E-state index contributed by atoms with van der Waals surface area (Å²) in [6.45, 7) is 7.81. The van der Waals surface area contributed by atoms with E-state index < -0.39 is 0 Å². The summed E-state index contributed by atoms with van der Waals surface area (Å²) in [6, 6.07) is 13.5. The Labute approximate surface area is 173 Å². The lowest BCUT2D eigenvalue weighted by molar-refractivity contribution is 0.0926. The van der Waals surface area contributed by atoms with E-state index in [1.54, 1.807) is 10.7 Å². The number of hydrogen-bond acceptors (Lipinski definition) is 4. The molecule has 1 aliphatic heterocycles. The molecule has 6 nitrogen and oxygen atoms in total. The number of pyridine rings is 1. The molecule has 0 fully saturated rings. The minimum atomic E-state index is -0.352. The number of carbonyl (C=O) groups excluding carboxylic acids is 2. The van der Waals surface area contributed by atoms with Crippen LogP contribution in [0.25, 0.3) is 16.7 Å². The summed E-state index contributed by atoms with van der Waals surface area (Å²) < 4.78 is 1.73. The predicted molar refractivity (Wildman–Crippen MR) is 115 cm³/mol. The molecule has 0 saturated heterocycles. The quantitative estimate of drug-likeness (QED) is 0.469. The molecule has 0 aliphatic carbocycles. The number of aromatic nitrogens is 3. The van der Waals surface area contributed by atoms with E-state index in [1.807, 2.05) is 64.1 Å². The number of hydrogen-bond donors (Lipinski definition) is 0. The van der Waals surface area contributed by atoms with E-state index in [2.05, 4.69) is 10.1 Å². The van der Waals surface area contributed by atoms with Gasteiger partial charge < -0.3 is 0 Å². The van der Waals surface area contributed by atoms with Crippen molar-refractivity contribution in [3.05, 3.63) is 82.2 Å². The van der Waals surface area contributed by atoms with E-state index in [0.717, 1.165) is 22.4 Å². The van der Waals surface area contributed by atoms with Crippen molar-refractivity contribution in [2.75, 3.05) is 4.90 Å². The highest BCUT2D eigenvalue weighted by atomic mass is 16.2. The Bertz CT molecular complexity index is 1380. The van der Waals surface area contributed by atoms with Crippen LogP contribution >= 0.6 is 0 Å². The molecule has 2 aromatic carbocycles. The first kappa shape index (κ1) is 18.2. The zero-order valence-corrected chi connectivity index (χ0v) is 17.2. The van der Waals surface area contributed by atoms with Gasteiger partial charge in [-0.05, 0) is 68.7 Å². The molecule has 2 aromatic heterocycles. The third-order valence-electron chi connectivity index (χ3n) is 5.72. The summed E-state index contributed by atoms with van der Waals surface area (Å²) in [5.74, 6) is -0.687. The number of nitrogens with zero attached hydrogens (tertiary/aromatic N) is 4. The largest absolute Gasteiger partial charge is 0.268 e. The molecule has 3 heterocycles. The van der Waals surface area contributed by atoms with E-state index in [9.17, 15) is 9.59 Å². The molecule has 30 heavy (non-hydrogen) atoms. The molecule has 0 radical (unpaired) electrons. The molecule has 0 unspecified atom stereocenters. The van der Waals surface area contributed by atoms with Crippen molar-refractivity contribution in [2.45, 2.75) is 27.7 Å². The SMILES string of the molecule is Cc1cccc(-n2nc(C)c3c4c(cnc32)C(=O)N(c2ccc(C)c(C)c2)C4=O)c1. The standard InChI is InChI=1S/C24H20N4O2/c1-13-6-5-7-18(10-13)28-22-20(16(4)26-28)21-19(12-25-22)23(29)27(24(21)30)17-9-8-14(2)15(3)11-17/h5-12H,1-4H3. The van der Waals surface area contributed by atoms with Gasteiger partial charge in [0.1, 0.15) is 0 Å². The van der Waals surface area contributed by atoms with Crippen LogP contribution in [-0.2, 0) is 0 Å². The lowest BCUT2D eigenvalue weighted by atomic mass is 10.1. The molecule has 0 N–H and O–H groups in total. The average molecular weight is 396 g/mol. The van der Waals surface area contributed by atoms with Crippen molar-refractivity contribution in [1.29, 1.82) is 0 Å². The Kier molecular flexibility index (Phi) is 3.86. The molecule has 2 amide bonds. The number of fused-ring (bicyclic) bond motifs is 3. The number of carbonyl (C=O) groups is 2. The van der Waals surface area contributed by atoms with Crippen LogP contribution in [0.4, 0.5) is 5.69 Å². The molecule has 0 saturated carbocycles. The Morgan fingerprint density at radius 1 is 0.833 bits per heavy atom. The number of anilines is 1. The third-order valence-corrected chi connectivity index (χ3v) is 5.72. The maximum absolute atomic E-state index is 13.4. The summed E-state index contributed by atoms with van der Waals surface area (Å²) in [7, 11) is 0. The van der Waals surface area contributed by atoms with Crippen LogP contribution in [0, 0.1) is 27.7 Å². The van der Waals surface area contributed by atoms with E-state index >= 15 is 0 Å². The second-order valence-electron chi connectivity index (χ2n) is 7.80. The fraction of sp³-hybridized carbons (Fsp3) is 0.167. The highest BCUT2D eigenvalue weighted by Crippen LogP contribution is 2.35. The molecular weight excluding hydrogens is 376 g/mol. The molecule has 148 valence electrons. The first-order chi connectivity index (χ1) is 14.4. The van der Waals surface area contributed by atoms with Crippen LogP contribution in [0.5, 0.6) is 0 Å². The lowest BCUT2D eigenvalue weighted by Crippen LogP contribution is -2.29. The maximum atomic E-state index is 13.4. The third kappa shape index (κ3) is 2.50. The predicted octanol–water partition coefficient (Wildman–Crippen LogP) is 4.45. The summed E-state index contributed by atoms with van der Waals surface area (Å²) in [5, 5.41) is 5.26. The fourth-order valence-corrected chi connectivity index (χ4v) is 4.00. The molecule has 5 rings (SSSR count). The second kappa shape index (κ2) is 6.35. The van der Waals surface area contributed by atoms with Gasteiger partial charge in [-0.3, -0.25) is 9.59 Å². The number of benzene rings is 2. The van der Waals surface area contributed by atoms with E-state index in [-0.39, 0.29) is 11.8 Å². The average Bonchev–Trinajstić information content (AvgIpc) is 3.18. The molecule has 0 atom stereocenters. The van der Waals surface area contributed by atoms with E-state index in [1.165, 1.54) is 11.1 Å². The number of rotatable bonds is 2. The van der Waals surface area contributed by atoms with Gasteiger partial charge in [-0.15, -0.1) is 0 Å². The Morgan fingerprint density at radius 3 is 2.37 bits per heavy atom. The van der Waals surface area contributed by atoms with Crippen molar-refractivity contribution < 1.29 is 9.59 Å². The van der Waals surface area contributed by atoms with Gasteiger partial charge >= 0.3 is 0 Å². The van der Waals surface area contributed by atoms with Gasteiger partial charge in [0.15, 0.2) is 5.65 Å². The number of amides is 2. The highest BCUT2D eigenvalue weighted by molar-refractivity contribution is 6.37. The highest BCUT2D eigenvalue weighted by Gasteiger charge is 2.40. The Balaban J connectivity index is 1.71. The van der Waals surface area contributed by atoms with Crippen LogP contribution < -0.4 is 4.90 Å². The normalized spacial score (nSPS) is 13.4. The summed E-state index contributed by atoms with van der Waals surface area (Å²) in [4.78, 5) is 32.3. The van der Waals surface area contributed by atoms with Crippen molar-refractivity contribution >= 4 is 28.5 Å². The maximum Gasteiger partial charge on any atom is 0.267 e. The summed E-state index contributed by atoms with van der Waals surface area (Å²) >= 11 is 0. The zero-order valence-electron chi connectivity index (χ0n) is 17.2. The van der Waals surface area contributed by atoms with Crippen LogP contribution in [-0.4, -0.2) is 26.6 Å². The first-order valence-corrected chi connectivity index (χ1v) is 9.78. The van der Waals surface area contributed by atoms with Gasteiger partial charge in [-0.25, -0.2) is 14.6 Å². The molecule has 0 spiro atoms. The second-order valence-corrected chi connectivity index (χ2v) is 7.80. The van der Waals surface area contributed by atoms with Crippen molar-refractivity contribution in [3.8, 4) is 5.69 Å². The van der Waals surface area contributed by atoms with E-state index in [4.69, 9.17) is 0 Å². The zero-order chi connectivity index (χ0) is 21.2. The summed E-state index contributed by atoms with van der Waals surface area (Å²) in [5.41, 5.74) is 6.59. The van der Waals surface area contributed by atoms with Gasteiger partial charge in [0.25, 0.3) is 11.8 Å². The van der Waals surface area contributed by atoms with Crippen molar-refractivity contribution in [3.63, 3.8) is 0 Å². The van der Waals surface area contributed by atoms with Gasteiger partial charge in [-0.2, -0.15) is 5.10 Å². The molecule has 1 aliphatic rings. The Hall–Kier alpha value is -3.80. The minimum absolute atomic E-state index is 0.317. The lowest BCUT2D eigenvalue weighted by Gasteiger charge is -2.15. The smallest absolute Gasteiger partial charge is 0.267 e. The van der Waals surface area contributed by atoms with Crippen LogP contribution in [0.1, 0.15) is 43.1 Å². The molecule has 6 heteroatoms. The topological polar surface area (TPSA) is 68.1 Å². The molecule has 4 aromatic rings. The monoisotopic (exact) mass is 396 g/mol. The number of imide groups is 1.